The van der Waals surface area contributed by atoms with Crippen LogP contribution < -0.4 is 20.1 Å². The highest BCUT2D eigenvalue weighted by molar-refractivity contribution is 5.94. The van der Waals surface area contributed by atoms with Gasteiger partial charge in [0, 0.05) is 25.7 Å². The standard InChI is InChI=1S/C22H30N4O4/c1-4-23-22(25-14-13-24-21(28)17-5-7-18(27)8-6-17)26(2)15-16-30-20-11-9-19(29-3)10-12-20/h5-12,27H,4,13-16H2,1-3H3,(H,23,25)(H,24,28). The summed E-state index contributed by atoms with van der Waals surface area (Å²) in [6, 6.07) is 13.6. The third kappa shape index (κ3) is 7.54. The van der Waals surface area contributed by atoms with Crippen LogP contribution in [0.15, 0.2) is 53.5 Å². The number of phenols is 1. The highest BCUT2D eigenvalue weighted by Crippen LogP contribution is 2.16. The zero-order chi connectivity index (χ0) is 21.8. The number of ether oxygens (including phenoxy) is 2. The maximum absolute atomic E-state index is 12.1. The number of hydrogen-bond acceptors (Lipinski definition) is 5. The van der Waals surface area contributed by atoms with Crippen molar-refractivity contribution in [3.8, 4) is 17.2 Å². The Morgan fingerprint density at radius 1 is 1.07 bits per heavy atom. The Labute approximate surface area is 177 Å². The Bertz CT molecular complexity index is 807. The molecule has 0 radical (unpaired) electrons. The highest BCUT2D eigenvalue weighted by atomic mass is 16.5. The molecule has 162 valence electrons. The summed E-state index contributed by atoms with van der Waals surface area (Å²) in [6.07, 6.45) is 0. The fourth-order valence-electron chi connectivity index (χ4n) is 2.59. The number of guanidine groups is 1. The second-order valence-corrected chi connectivity index (χ2v) is 6.48. The largest absolute Gasteiger partial charge is 0.508 e. The highest BCUT2D eigenvalue weighted by Gasteiger charge is 2.07. The molecule has 0 bridgehead atoms. The second-order valence-electron chi connectivity index (χ2n) is 6.48. The van der Waals surface area contributed by atoms with E-state index in [0.717, 1.165) is 24.0 Å². The molecule has 0 fully saturated rings. The minimum absolute atomic E-state index is 0.130. The van der Waals surface area contributed by atoms with Crippen LogP contribution in [-0.4, -0.2) is 68.8 Å². The van der Waals surface area contributed by atoms with Crippen LogP contribution in [-0.2, 0) is 0 Å². The van der Waals surface area contributed by atoms with Crippen molar-refractivity contribution in [1.82, 2.24) is 15.5 Å². The normalized spacial score (nSPS) is 11.0. The average molecular weight is 415 g/mol. The molecule has 0 unspecified atom stereocenters. The second kappa shape index (κ2) is 12.2. The molecule has 1 amide bonds. The lowest BCUT2D eigenvalue weighted by Crippen LogP contribution is -2.41. The number of likely N-dealkylation sites (N-methyl/N-ethyl adjacent to an activating group) is 1. The average Bonchev–Trinajstić information content (AvgIpc) is 2.76. The molecule has 0 aromatic heterocycles. The van der Waals surface area contributed by atoms with E-state index in [0.29, 0.717) is 31.8 Å². The summed E-state index contributed by atoms with van der Waals surface area (Å²) in [5.74, 6) is 2.25. The Hall–Kier alpha value is -3.42. The van der Waals surface area contributed by atoms with Gasteiger partial charge in [-0.25, -0.2) is 0 Å². The van der Waals surface area contributed by atoms with Crippen LogP contribution in [0.25, 0.3) is 0 Å². The number of methoxy groups -OCH3 is 1. The molecule has 0 saturated carbocycles. The number of nitrogens with zero attached hydrogens (tertiary/aromatic N) is 2. The van der Waals surface area contributed by atoms with E-state index in [9.17, 15) is 9.90 Å². The topological polar surface area (TPSA) is 95.4 Å². The summed E-state index contributed by atoms with van der Waals surface area (Å²) >= 11 is 0. The van der Waals surface area contributed by atoms with Gasteiger partial charge in [0.25, 0.3) is 5.91 Å². The Morgan fingerprint density at radius 3 is 2.37 bits per heavy atom. The zero-order valence-electron chi connectivity index (χ0n) is 17.7. The van der Waals surface area contributed by atoms with Gasteiger partial charge in [-0.2, -0.15) is 0 Å². The number of aliphatic imine (C=N–C) groups is 1. The number of carbonyl (C=O) groups is 1. The number of phenolic OH excluding ortho intramolecular Hbond substituents is 1. The Morgan fingerprint density at radius 2 is 1.73 bits per heavy atom. The van der Waals surface area contributed by atoms with Gasteiger partial charge in [-0.15, -0.1) is 0 Å². The SMILES string of the molecule is CCNC(=NCCNC(=O)c1ccc(O)cc1)N(C)CCOc1ccc(OC)cc1. The van der Waals surface area contributed by atoms with Gasteiger partial charge < -0.3 is 30.1 Å². The lowest BCUT2D eigenvalue weighted by Gasteiger charge is -2.22. The maximum Gasteiger partial charge on any atom is 0.251 e. The summed E-state index contributed by atoms with van der Waals surface area (Å²) < 4.78 is 10.9. The Kier molecular flexibility index (Phi) is 9.30. The van der Waals surface area contributed by atoms with Gasteiger partial charge in [-0.05, 0) is 55.5 Å². The van der Waals surface area contributed by atoms with Crippen LogP contribution in [0.1, 0.15) is 17.3 Å². The summed E-state index contributed by atoms with van der Waals surface area (Å²) in [6.45, 7) is 4.75. The van der Waals surface area contributed by atoms with Crippen LogP contribution in [0, 0.1) is 0 Å². The van der Waals surface area contributed by atoms with Crippen LogP contribution in [0.4, 0.5) is 0 Å². The number of hydrogen-bond donors (Lipinski definition) is 3. The van der Waals surface area contributed by atoms with E-state index in [-0.39, 0.29) is 11.7 Å². The molecule has 2 aromatic rings. The molecule has 2 aromatic carbocycles. The lowest BCUT2D eigenvalue weighted by atomic mass is 10.2. The molecule has 0 aliphatic carbocycles. The summed E-state index contributed by atoms with van der Waals surface area (Å²) in [5.41, 5.74) is 0.497. The van der Waals surface area contributed by atoms with Gasteiger partial charge in [0.2, 0.25) is 0 Å². The molecular formula is C22H30N4O4. The first-order valence-corrected chi connectivity index (χ1v) is 9.87. The minimum Gasteiger partial charge on any atom is -0.508 e. The van der Waals surface area contributed by atoms with Gasteiger partial charge in [0.05, 0.1) is 20.2 Å². The smallest absolute Gasteiger partial charge is 0.251 e. The monoisotopic (exact) mass is 414 g/mol. The van der Waals surface area contributed by atoms with Crippen molar-refractivity contribution >= 4 is 11.9 Å². The van der Waals surface area contributed by atoms with E-state index in [2.05, 4.69) is 15.6 Å². The molecule has 0 aliphatic heterocycles. The van der Waals surface area contributed by atoms with Crippen molar-refractivity contribution in [2.45, 2.75) is 6.92 Å². The van der Waals surface area contributed by atoms with E-state index in [1.165, 1.54) is 12.1 Å². The van der Waals surface area contributed by atoms with Crippen molar-refractivity contribution in [3.63, 3.8) is 0 Å². The van der Waals surface area contributed by atoms with Crippen molar-refractivity contribution in [1.29, 1.82) is 0 Å². The maximum atomic E-state index is 12.1. The fraction of sp³-hybridized carbons (Fsp3) is 0.364. The van der Waals surface area contributed by atoms with Crippen molar-refractivity contribution in [2.75, 3.05) is 46.9 Å². The van der Waals surface area contributed by atoms with E-state index in [4.69, 9.17) is 9.47 Å². The lowest BCUT2D eigenvalue weighted by molar-refractivity contribution is 0.0955. The number of aromatic hydroxyl groups is 1. The van der Waals surface area contributed by atoms with Crippen LogP contribution >= 0.6 is 0 Å². The number of nitrogens with one attached hydrogen (secondary N) is 2. The molecule has 3 N–H and O–H groups in total. The van der Waals surface area contributed by atoms with Gasteiger partial charge in [-0.1, -0.05) is 0 Å². The molecule has 0 aliphatic rings. The molecule has 8 nitrogen and oxygen atoms in total. The molecule has 0 spiro atoms. The van der Waals surface area contributed by atoms with E-state index >= 15 is 0 Å². The molecule has 2 rings (SSSR count). The predicted octanol–water partition coefficient (Wildman–Crippen LogP) is 2.11. The quantitative estimate of drug-likeness (QED) is 0.313. The van der Waals surface area contributed by atoms with Crippen molar-refractivity contribution in [2.24, 2.45) is 4.99 Å². The first-order chi connectivity index (χ1) is 14.5. The third-order valence-corrected chi connectivity index (χ3v) is 4.24. The number of benzene rings is 2. The number of rotatable bonds is 10. The predicted molar refractivity (Wildman–Crippen MR) is 118 cm³/mol. The summed E-state index contributed by atoms with van der Waals surface area (Å²) in [7, 11) is 3.57. The molecule has 0 atom stereocenters. The number of carbonyl (C=O) groups excluding carboxylic acids is 1. The first-order valence-electron chi connectivity index (χ1n) is 9.87. The Balaban J connectivity index is 1.77. The fourth-order valence-corrected chi connectivity index (χ4v) is 2.59. The first kappa shape index (κ1) is 22.9. The van der Waals surface area contributed by atoms with Crippen LogP contribution in [0.3, 0.4) is 0 Å². The van der Waals surface area contributed by atoms with Gasteiger partial charge in [-0.3, -0.25) is 9.79 Å². The zero-order valence-corrected chi connectivity index (χ0v) is 17.7. The van der Waals surface area contributed by atoms with E-state index < -0.39 is 0 Å². The number of amides is 1. The molecule has 0 heterocycles. The van der Waals surface area contributed by atoms with Crippen molar-refractivity contribution < 1.29 is 19.4 Å². The molecule has 30 heavy (non-hydrogen) atoms. The van der Waals surface area contributed by atoms with Crippen LogP contribution in [0.2, 0.25) is 0 Å². The summed E-state index contributed by atoms with van der Waals surface area (Å²) in [4.78, 5) is 18.6. The minimum atomic E-state index is -0.198. The summed E-state index contributed by atoms with van der Waals surface area (Å²) in [5, 5.41) is 15.3. The van der Waals surface area contributed by atoms with Crippen LogP contribution in [0.5, 0.6) is 17.2 Å². The van der Waals surface area contributed by atoms with Gasteiger partial charge in [0.1, 0.15) is 23.9 Å². The van der Waals surface area contributed by atoms with Crippen molar-refractivity contribution in [3.05, 3.63) is 54.1 Å². The molecular weight excluding hydrogens is 384 g/mol. The molecule has 0 saturated heterocycles. The van der Waals surface area contributed by atoms with Gasteiger partial charge >= 0.3 is 0 Å². The third-order valence-electron chi connectivity index (χ3n) is 4.24. The van der Waals surface area contributed by atoms with E-state index in [1.54, 1.807) is 19.2 Å². The van der Waals surface area contributed by atoms with E-state index in [1.807, 2.05) is 43.1 Å². The van der Waals surface area contributed by atoms with Gasteiger partial charge in [0.15, 0.2) is 5.96 Å². The molecule has 8 heteroatoms.